The molecule has 82 valence electrons. The van der Waals surface area contributed by atoms with Gasteiger partial charge in [-0.05, 0) is 30.7 Å². The van der Waals surface area contributed by atoms with Gasteiger partial charge in [0.05, 0.1) is 0 Å². The molecule has 1 aromatic carbocycles. The summed E-state index contributed by atoms with van der Waals surface area (Å²) in [5.41, 5.74) is 6.24. The minimum atomic E-state index is -0.269. The van der Waals surface area contributed by atoms with E-state index < -0.39 is 0 Å². The number of nitrogens with two attached hydrogens (primary N) is 1. The molecule has 4 heteroatoms. The molecule has 0 aliphatic carbocycles. The van der Waals surface area contributed by atoms with E-state index in [4.69, 9.17) is 17.3 Å². The van der Waals surface area contributed by atoms with E-state index in [1.165, 1.54) is 5.56 Å². The third-order valence-corrected chi connectivity index (χ3v) is 2.30. The van der Waals surface area contributed by atoms with Crippen molar-refractivity contribution in [1.82, 2.24) is 5.32 Å². The fourth-order valence-corrected chi connectivity index (χ4v) is 1.35. The van der Waals surface area contributed by atoms with Gasteiger partial charge in [0.1, 0.15) is 0 Å². The summed E-state index contributed by atoms with van der Waals surface area (Å²) < 4.78 is 0. The zero-order valence-electron chi connectivity index (χ0n) is 8.50. The fraction of sp³-hybridized carbons (Fsp3) is 0.364. The Morgan fingerprint density at radius 2 is 1.93 bits per heavy atom. The van der Waals surface area contributed by atoms with Gasteiger partial charge in [0, 0.05) is 18.0 Å². The van der Waals surface area contributed by atoms with Crippen molar-refractivity contribution < 1.29 is 4.79 Å². The Bertz CT molecular complexity index is 311. The van der Waals surface area contributed by atoms with Crippen molar-refractivity contribution in [2.45, 2.75) is 12.8 Å². The maximum Gasteiger partial charge on any atom is 0.218 e. The van der Waals surface area contributed by atoms with E-state index in [9.17, 15) is 4.79 Å². The highest BCUT2D eigenvalue weighted by Crippen LogP contribution is 2.09. The molecular formula is C11H15ClN2O. The maximum atomic E-state index is 10.4. The van der Waals surface area contributed by atoms with Crippen LogP contribution in [0.2, 0.25) is 5.02 Å². The monoisotopic (exact) mass is 226 g/mol. The topological polar surface area (TPSA) is 55.1 Å². The normalized spacial score (nSPS) is 10.2. The number of nitrogens with one attached hydrogen (secondary N) is 1. The summed E-state index contributed by atoms with van der Waals surface area (Å²) in [6.07, 6.45) is 1.32. The Kier molecular flexibility index (Phi) is 5.15. The summed E-state index contributed by atoms with van der Waals surface area (Å²) in [5, 5.41) is 3.90. The Morgan fingerprint density at radius 3 is 2.53 bits per heavy atom. The molecule has 0 radical (unpaired) electrons. The summed E-state index contributed by atoms with van der Waals surface area (Å²) in [5.74, 6) is -0.269. The van der Waals surface area contributed by atoms with E-state index in [2.05, 4.69) is 5.32 Å². The zero-order valence-corrected chi connectivity index (χ0v) is 9.26. The molecule has 0 spiro atoms. The van der Waals surface area contributed by atoms with Gasteiger partial charge >= 0.3 is 0 Å². The van der Waals surface area contributed by atoms with Gasteiger partial charge in [-0.3, -0.25) is 4.79 Å². The molecule has 1 aromatic rings. The summed E-state index contributed by atoms with van der Waals surface area (Å²) in [7, 11) is 0. The minimum absolute atomic E-state index is 0.269. The van der Waals surface area contributed by atoms with E-state index in [-0.39, 0.29) is 5.91 Å². The number of hydrogen-bond donors (Lipinski definition) is 2. The van der Waals surface area contributed by atoms with Crippen LogP contribution >= 0.6 is 11.6 Å². The average molecular weight is 227 g/mol. The molecule has 3 nitrogen and oxygen atoms in total. The van der Waals surface area contributed by atoms with Crippen molar-refractivity contribution in [3.8, 4) is 0 Å². The van der Waals surface area contributed by atoms with Crippen molar-refractivity contribution in [2.24, 2.45) is 5.73 Å². The van der Waals surface area contributed by atoms with Crippen molar-refractivity contribution in [1.29, 1.82) is 0 Å². The van der Waals surface area contributed by atoms with Crippen molar-refractivity contribution >= 4 is 17.5 Å². The molecule has 0 bridgehead atoms. The van der Waals surface area contributed by atoms with Crippen LogP contribution < -0.4 is 11.1 Å². The van der Waals surface area contributed by atoms with Crippen LogP contribution in [0, 0.1) is 0 Å². The van der Waals surface area contributed by atoms with Crippen LogP contribution in [0.4, 0.5) is 0 Å². The molecule has 1 rings (SSSR count). The fourth-order valence-electron chi connectivity index (χ4n) is 1.22. The van der Waals surface area contributed by atoms with Crippen LogP contribution in [-0.4, -0.2) is 19.0 Å². The average Bonchev–Trinajstić information content (AvgIpc) is 2.20. The van der Waals surface area contributed by atoms with E-state index in [0.717, 1.165) is 18.0 Å². The molecular weight excluding hydrogens is 212 g/mol. The molecule has 0 heterocycles. The zero-order chi connectivity index (χ0) is 11.1. The Balaban J connectivity index is 2.15. The molecule has 3 N–H and O–H groups in total. The minimum Gasteiger partial charge on any atom is -0.370 e. The predicted molar refractivity (Wildman–Crippen MR) is 61.8 cm³/mol. The highest BCUT2D eigenvalue weighted by Gasteiger charge is 1.95. The number of primary amides is 1. The first kappa shape index (κ1) is 12.0. The number of hydrogen-bond acceptors (Lipinski definition) is 2. The second-order valence-electron chi connectivity index (χ2n) is 3.34. The molecule has 0 aliphatic rings. The molecule has 0 atom stereocenters. The molecule has 0 saturated carbocycles. The molecule has 0 fully saturated rings. The number of halogens is 1. The largest absolute Gasteiger partial charge is 0.370 e. The van der Waals surface area contributed by atoms with Gasteiger partial charge in [-0.25, -0.2) is 0 Å². The lowest BCUT2D eigenvalue weighted by atomic mass is 10.1. The van der Waals surface area contributed by atoms with E-state index >= 15 is 0 Å². The summed E-state index contributed by atoms with van der Waals surface area (Å²) >= 11 is 5.76. The van der Waals surface area contributed by atoms with Crippen LogP contribution in [0.25, 0.3) is 0 Å². The van der Waals surface area contributed by atoms with E-state index in [1.54, 1.807) is 0 Å². The van der Waals surface area contributed by atoms with Crippen LogP contribution in [0.5, 0.6) is 0 Å². The number of benzene rings is 1. The quantitative estimate of drug-likeness (QED) is 0.720. The van der Waals surface area contributed by atoms with Gasteiger partial charge in [-0.1, -0.05) is 23.7 Å². The predicted octanol–water partition coefficient (Wildman–Crippen LogP) is 1.35. The summed E-state index contributed by atoms with van der Waals surface area (Å²) in [4.78, 5) is 10.4. The van der Waals surface area contributed by atoms with E-state index in [1.807, 2.05) is 24.3 Å². The van der Waals surface area contributed by atoms with Crippen molar-refractivity contribution in [3.05, 3.63) is 34.9 Å². The van der Waals surface area contributed by atoms with Gasteiger partial charge in [0.2, 0.25) is 5.91 Å². The molecule has 0 aromatic heterocycles. The lowest BCUT2D eigenvalue weighted by molar-refractivity contribution is -0.117. The SMILES string of the molecule is NC(=O)CCNCCc1ccc(Cl)cc1. The molecule has 0 unspecified atom stereocenters. The third-order valence-electron chi connectivity index (χ3n) is 2.05. The van der Waals surface area contributed by atoms with Crippen molar-refractivity contribution in [3.63, 3.8) is 0 Å². The summed E-state index contributed by atoms with van der Waals surface area (Å²) in [6, 6.07) is 7.75. The Labute approximate surface area is 94.6 Å². The third kappa shape index (κ3) is 5.40. The second kappa shape index (κ2) is 6.43. The first-order valence-corrected chi connectivity index (χ1v) is 5.30. The van der Waals surface area contributed by atoms with E-state index in [0.29, 0.717) is 13.0 Å². The smallest absolute Gasteiger partial charge is 0.218 e. The van der Waals surface area contributed by atoms with Gasteiger partial charge in [0.15, 0.2) is 0 Å². The first-order chi connectivity index (χ1) is 7.18. The van der Waals surface area contributed by atoms with Gasteiger partial charge in [0.25, 0.3) is 0 Å². The number of rotatable bonds is 6. The second-order valence-corrected chi connectivity index (χ2v) is 3.78. The Morgan fingerprint density at radius 1 is 1.27 bits per heavy atom. The number of carbonyl (C=O) groups excluding carboxylic acids is 1. The first-order valence-electron chi connectivity index (χ1n) is 4.92. The van der Waals surface area contributed by atoms with Crippen LogP contribution in [0.3, 0.4) is 0 Å². The number of carbonyl (C=O) groups is 1. The molecule has 0 saturated heterocycles. The molecule has 1 amide bonds. The lowest BCUT2D eigenvalue weighted by Crippen LogP contribution is -2.23. The highest BCUT2D eigenvalue weighted by molar-refractivity contribution is 6.30. The van der Waals surface area contributed by atoms with Gasteiger partial charge < -0.3 is 11.1 Å². The summed E-state index contributed by atoms with van der Waals surface area (Å²) in [6.45, 7) is 1.48. The van der Waals surface area contributed by atoms with Gasteiger partial charge in [-0.15, -0.1) is 0 Å². The van der Waals surface area contributed by atoms with Gasteiger partial charge in [-0.2, -0.15) is 0 Å². The lowest BCUT2D eigenvalue weighted by Gasteiger charge is -2.03. The maximum absolute atomic E-state index is 10.4. The van der Waals surface area contributed by atoms with Crippen molar-refractivity contribution in [2.75, 3.05) is 13.1 Å². The molecule has 15 heavy (non-hydrogen) atoms. The Hall–Kier alpha value is -1.06. The standard InChI is InChI=1S/C11H15ClN2O/c12-10-3-1-9(2-4-10)5-7-14-8-6-11(13)15/h1-4,14H,5-8H2,(H2,13,15). The van der Waals surface area contributed by atoms with Crippen LogP contribution in [0.15, 0.2) is 24.3 Å². The van der Waals surface area contributed by atoms with Crippen LogP contribution in [-0.2, 0) is 11.2 Å². The number of amides is 1. The molecule has 0 aliphatic heterocycles. The highest BCUT2D eigenvalue weighted by atomic mass is 35.5. The van der Waals surface area contributed by atoms with Crippen LogP contribution in [0.1, 0.15) is 12.0 Å².